The number of amides is 1. The number of nitrogens with zero attached hydrogens (tertiary/aromatic N) is 1. The Bertz CT molecular complexity index is 484. The number of likely N-dealkylation sites (N-methyl/N-ethyl adjacent to an activating group) is 1. The molecular formula is C16H23N3O. The Morgan fingerprint density at radius 1 is 1.40 bits per heavy atom. The highest BCUT2D eigenvalue weighted by atomic mass is 16.1. The van der Waals surface area contributed by atoms with E-state index in [9.17, 15) is 4.79 Å². The molecule has 1 aromatic rings. The quantitative estimate of drug-likeness (QED) is 0.844. The summed E-state index contributed by atoms with van der Waals surface area (Å²) in [5.74, 6) is 0.0972. The van der Waals surface area contributed by atoms with Gasteiger partial charge in [-0.15, -0.1) is 0 Å². The van der Waals surface area contributed by atoms with E-state index in [-0.39, 0.29) is 11.8 Å². The van der Waals surface area contributed by atoms with Crippen LogP contribution in [0.1, 0.15) is 29.9 Å². The van der Waals surface area contributed by atoms with Gasteiger partial charge in [0.25, 0.3) is 0 Å². The highest BCUT2D eigenvalue weighted by Crippen LogP contribution is 2.25. The Balaban J connectivity index is 1.55. The predicted octanol–water partition coefficient (Wildman–Crippen LogP) is 1.08. The van der Waals surface area contributed by atoms with E-state index >= 15 is 0 Å². The summed E-state index contributed by atoms with van der Waals surface area (Å²) in [6, 6.07) is 8.99. The van der Waals surface area contributed by atoms with Crippen LogP contribution in [0, 0.1) is 0 Å². The number of fused-ring (bicyclic) bond motifs is 1. The third-order valence-corrected chi connectivity index (χ3v) is 4.34. The molecule has 1 atom stereocenters. The van der Waals surface area contributed by atoms with Crippen molar-refractivity contribution in [3.05, 3.63) is 35.4 Å². The number of hydrogen-bond acceptors (Lipinski definition) is 3. The van der Waals surface area contributed by atoms with E-state index in [4.69, 9.17) is 0 Å². The van der Waals surface area contributed by atoms with E-state index in [0.29, 0.717) is 0 Å². The summed E-state index contributed by atoms with van der Waals surface area (Å²) in [7, 11) is 2.14. The smallest absolute Gasteiger partial charge is 0.228 e. The number of nitrogens with one attached hydrogen (secondary N) is 2. The molecule has 108 valence electrons. The lowest BCUT2D eigenvalue weighted by Crippen LogP contribution is -2.41. The van der Waals surface area contributed by atoms with Gasteiger partial charge < -0.3 is 15.5 Å². The first-order chi connectivity index (χ1) is 9.75. The van der Waals surface area contributed by atoms with Crippen molar-refractivity contribution in [2.75, 3.05) is 26.7 Å². The van der Waals surface area contributed by atoms with Crippen LogP contribution >= 0.6 is 0 Å². The van der Waals surface area contributed by atoms with Crippen LogP contribution in [0.5, 0.6) is 0 Å². The van der Waals surface area contributed by atoms with Crippen LogP contribution in [0.3, 0.4) is 0 Å². The Hall–Kier alpha value is -1.39. The van der Waals surface area contributed by atoms with Crippen molar-refractivity contribution >= 4 is 5.91 Å². The van der Waals surface area contributed by atoms with E-state index in [0.717, 1.165) is 32.2 Å². The molecule has 0 bridgehead atoms. The van der Waals surface area contributed by atoms with Crippen LogP contribution in [-0.2, 0) is 11.3 Å². The van der Waals surface area contributed by atoms with Crippen molar-refractivity contribution in [3.8, 4) is 0 Å². The zero-order valence-electron chi connectivity index (χ0n) is 12.1. The molecule has 0 radical (unpaired) electrons. The first kappa shape index (κ1) is 13.6. The maximum Gasteiger partial charge on any atom is 0.228 e. The van der Waals surface area contributed by atoms with Crippen LogP contribution in [-0.4, -0.2) is 43.5 Å². The minimum absolute atomic E-state index is 0.0498. The molecule has 0 saturated heterocycles. The Morgan fingerprint density at radius 3 is 3.00 bits per heavy atom. The highest BCUT2D eigenvalue weighted by molar-refractivity contribution is 5.84. The third kappa shape index (κ3) is 3.02. The summed E-state index contributed by atoms with van der Waals surface area (Å²) in [6.45, 7) is 3.29. The summed E-state index contributed by atoms with van der Waals surface area (Å²) in [4.78, 5) is 14.7. The van der Waals surface area contributed by atoms with Crippen molar-refractivity contribution in [1.82, 2.24) is 15.5 Å². The normalized spacial score (nSPS) is 21.6. The van der Waals surface area contributed by atoms with Crippen LogP contribution < -0.4 is 10.6 Å². The Morgan fingerprint density at radius 2 is 2.20 bits per heavy atom. The lowest BCUT2D eigenvalue weighted by atomic mass is 9.90. The molecule has 2 aliphatic rings. The summed E-state index contributed by atoms with van der Waals surface area (Å²) in [6.07, 6.45) is 2.62. The zero-order valence-corrected chi connectivity index (χ0v) is 12.1. The van der Waals surface area contributed by atoms with Crippen LogP contribution in [0.25, 0.3) is 0 Å². The lowest BCUT2D eigenvalue weighted by Gasteiger charge is -2.26. The molecule has 0 spiro atoms. The molecule has 4 nitrogen and oxygen atoms in total. The number of benzene rings is 1. The van der Waals surface area contributed by atoms with Gasteiger partial charge in [0.15, 0.2) is 0 Å². The lowest BCUT2D eigenvalue weighted by molar-refractivity contribution is -0.122. The second-order valence-corrected chi connectivity index (χ2v) is 5.89. The van der Waals surface area contributed by atoms with Gasteiger partial charge in [0, 0.05) is 32.2 Å². The molecule has 3 rings (SSSR count). The largest absolute Gasteiger partial charge is 0.354 e. The van der Waals surface area contributed by atoms with E-state index in [1.807, 2.05) is 12.1 Å². The molecular weight excluding hydrogens is 250 g/mol. The molecule has 1 aliphatic heterocycles. The monoisotopic (exact) mass is 273 g/mol. The van der Waals surface area contributed by atoms with Crippen molar-refractivity contribution in [2.24, 2.45) is 0 Å². The number of hydrogen-bond donors (Lipinski definition) is 2. The summed E-state index contributed by atoms with van der Waals surface area (Å²) in [5.41, 5.74) is 2.42. The van der Waals surface area contributed by atoms with Crippen molar-refractivity contribution in [1.29, 1.82) is 0 Å². The van der Waals surface area contributed by atoms with Crippen LogP contribution in [0.4, 0.5) is 0 Å². The maximum absolute atomic E-state index is 12.4. The molecule has 2 N–H and O–H groups in total. The second-order valence-electron chi connectivity index (χ2n) is 5.89. The molecule has 4 heteroatoms. The van der Waals surface area contributed by atoms with Gasteiger partial charge in [-0.25, -0.2) is 0 Å². The van der Waals surface area contributed by atoms with Crippen LogP contribution in [0.15, 0.2) is 24.3 Å². The maximum atomic E-state index is 12.4. The number of carbonyl (C=O) groups excluding carboxylic acids is 1. The van der Waals surface area contributed by atoms with Gasteiger partial charge in [-0.1, -0.05) is 24.3 Å². The van der Waals surface area contributed by atoms with Gasteiger partial charge in [-0.2, -0.15) is 0 Å². The number of rotatable bonds is 5. The van der Waals surface area contributed by atoms with Gasteiger partial charge in [-0.3, -0.25) is 4.79 Å². The molecule has 20 heavy (non-hydrogen) atoms. The van der Waals surface area contributed by atoms with E-state index in [2.05, 4.69) is 34.7 Å². The molecule has 1 saturated carbocycles. The standard InChI is InChI=1S/C16H23N3O/c1-19(13-6-7-13)9-8-18-16(20)15-11-17-10-12-4-2-3-5-14(12)15/h2-5,13,15,17H,6-11H2,1H3,(H,18,20). The number of carbonyl (C=O) groups is 1. The molecule has 1 heterocycles. The minimum Gasteiger partial charge on any atom is -0.354 e. The van der Waals surface area contributed by atoms with Crippen molar-refractivity contribution < 1.29 is 4.79 Å². The fourth-order valence-corrected chi connectivity index (χ4v) is 2.91. The SMILES string of the molecule is CN(CCNC(=O)C1CNCc2ccccc21)C1CC1. The van der Waals surface area contributed by atoms with E-state index in [1.165, 1.54) is 24.0 Å². The summed E-state index contributed by atoms with van der Waals surface area (Å²) >= 11 is 0. The molecule has 1 aromatic carbocycles. The highest BCUT2D eigenvalue weighted by Gasteiger charge is 2.27. The Kier molecular flexibility index (Phi) is 4.03. The third-order valence-electron chi connectivity index (χ3n) is 4.34. The first-order valence-corrected chi connectivity index (χ1v) is 7.52. The summed E-state index contributed by atoms with van der Waals surface area (Å²) in [5, 5.41) is 6.41. The van der Waals surface area contributed by atoms with Crippen LogP contribution in [0.2, 0.25) is 0 Å². The zero-order chi connectivity index (χ0) is 13.9. The molecule has 0 aromatic heterocycles. The summed E-state index contributed by atoms with van der Waals surface area (Å²) < 4.78 is 0. The Labute approximate surface area is 120 Å². The van der Waals surface area contributed by atoms with Gasteiger partial charge in [0.2, 0.25) is 5.91 Å². The van der Waals surface area contributed by atoms with Crippen molar-refractivity contribution in [2.45, 2.75) is 31.3 Å². The fraction of sp³-hybridized carbons (Fsp3) is 0.562. The molecule has 1 fully saturated rings. The predicted molar refractivity (Wildman–Crippen MR) is 79.6 cm³/mol. The average Bonchev–Trinajstić information content (AvgIpc) is 3.31. The average molecular weight is 273 g/mol. The van der Waals surface area contributed by atoms with E-state index in [1.54, 1.807) is 0 Å². The first-order valence-electron chi connectivity index (χ1n) is 7.52. The molecule has 1 unspecified atom stereocenters. The minimum atomic E-state index is -0.0498. The van der Waals surface area contributed by atoms with Gasteiger partial charge in [-0.05, 0) is 31.0 Å². The molecule has 1 aliphatic carbocycles. The second kappa shape index (κ2) is 5.94. The van der Waals surface area contributed by atoms with Crippen molar-refractivity contribution in [3.63, 3.8) is 0 Å². The molecule has 1 amide bonds. The van der Waals surface area contributed by atoms with E-state index < -0.39 is 0 Å². The van der Waals surface area contributed by atoms with Gasteiger partial charge >= 0.3 is 0 Å². The van der Waals surface area contributed by atoms with Gasteiger partial charge in [0.1, 0.15) is 0 Å². The van der Waals surface area contributed by atoms with Gasteiger partial charge in [0.05, 0.1) is 5.92 Å². The topological polar surface area (TPSA) is 44.4 Å². The fourth-order valence-electron chi connectivity index (χ4n) is 2.91.